The van der Waals surface area contributed by atoms with Gasteiger partial charge in [0.25, 0.3) is 11.6 Å². The Morgan fingerprint density at radius 1 is 1.40 bits per heavy atom. The molecule has 1 amide bonds. The molecule has 0 atom stereocenters. The molecule has 2 heterocycles. The number of nitrogens with one attached hydrogen (secondary N) is 1. The number of aromatic nitrogens is 2. The van der Waals surface area contributed by atoms with E-state index in [0.717, 1.165) is 68.1 Å². The van der Waals surface area contributed by atoms with Crippen molar-refractivity contribution in [2.75, 3.05) is 6.54 Å². The molecule has 0 aliphatic heterocycles. The maximum Gasteiger partial charge on any atom is 0.259 e. The number of nitrogens with zero attached hydrogens (tertiary/aromatic N) is 2. The average Bonchev–Trinajstić information content (AvgIpc) is 3.25. The molecule has 2 aromatic heterocycles. The van der Waals surface area contributed by atoms with E-state index in [4.69, 9.17) is 10.3 Å². The van der Waals surface area contributed by atoms with Crippen LogP contribution in [-0.2, 0) is 6.42 Å². The number of carbonyl (C=O) groups is 1. The van der Waals surface area contributed by atoms with Gasteiger partial charge in [0, 0.05) is 18.2 Å². The summed E-state index contributed by atoms with van der Waals surface area (Å²) < 4.78 is 5.47. The number of hydrogen-bond donors (Lipinski definition) is 2. The second-order valence-electron chi connectivity index (χ2n) is 7.57. The quantitative estimate of drug-likeness (QED) is 0.841. The molecular weight excluding hydrogens is 316 g/mol. The molecule has 0 saturated heterocycles. The lowest BCUT2D eigenvalue weighted by Crippen LogP contribution is -2.51. The highest BCUT2D eigenvalue weighted by Crippen LogP contribution is 2.40. The maximum absolute atomic E-state index is 13.2. The van der Waals surface area contributed by atoms with Crippen LogP contribution in [0.1, 0.15) is 79.5 Å². The third-order valence-corrected chi connectivity index (χ3v) is 5.59. The second kappa shape index (κ2) is 6.41. The number of hydrogen-bond acceptors (Lipinski definition) is 5. The van der Waals surface area contributed by atoms with Gasteiger partial charge in [-0.2, -0.15) is 0 Å². The fourth-order valence-corrected chi connectivity index (χ4v) is 3.94. The molecule has 2 aliphatic carbocycles. The summed E-state index contributed by atoms with van der Waals surface area (Å²) in [5.41, 5.74) is 8.64. The van der Waals surface area contributed by atoms with E-state index in [2.05, 4.69) is 22.4 Å². The number of aryl methyl sites for hydroxylation is 1. The van der Waals surface area contributed by atoms with Crippen molar-refractivity contribution in [3.63, 3.8) is 0 Å². The van der Waals surface area contributed by atoms with Crippen LogP contribution in [0.4, 0.5) is 0 Å². The fourth-order valence-electron chi connectivity index (χ4n) is 3.94. The predicted molar refractivity (Wildman–Crippen MR) is 95.5 cm³/mol. The molecule has 2 aromatic rings. The standard InChI is InChI=1S/C19H26N4O2/c1-2-5-14-16-13(17(24)22-19(11-20)8-3-4-9-19)10-15(12-6-7-12)21-18(16)25-23-14/h10,12H,2-9,11,20H2,1H3,(H,22,24). The molecule has 4 rings (SSSR count). The Morgan fingerprint density at radius 2 is 2.16 bits per heavy atom. The first-order valence-electron chi connectivity index (χ1n) is 9.47. The molecule has 6 nitrogen and oxygen atoms in total. The summed E-state index contributed by atoms with van der Waals surface area (Å²) in [4.78, 5) is 17.8. The summed E-state index contributed by atoms with van der Waals surface area (Å²) in [6, 6.07) is 1.95. The maximum atomic E-state index is 13.2. The predicted octanol–water partition coefficient (Wildman–Crippen LogP) is 3.05. The lowest BCUT2D eigenvalue weighted by atomic mass is 9.96. The van der Waals surface area contributed by atoms with Crippen LogP contribution < -0.4 is 11.1 Å². The minimum Gasteiger partial charge on any atom is -0.345 e. The van der Waals surface area contributed by atoms with E-state index in [-0.39, 0.29) is 11.4 Å². The third kappa shape index (κ3) is 3.03. The van der Waals surface area contributed by atoms with Gasteiger partial charge in [0.2, 0.25) is 0 Å². The Kier molecular flexibility index (Phi) is 4.23. The summed E-state index contributed by atoms with van der Waals surface area (Å²) in [5.74, 6) is 0.382. The first kappa shape index (κ1) is 16.5. The SMILES string of the molecule is CCCc1noc2nc(C3CC3)cc(C(=O)NC3(CN)CCCC3)c12. The minimum absolute atomic E-state index is 0.0674. The van der Waals surface area contributed by atoms with Gasteiger partial charge in [-0.3, -0.25) is 4.79 Å². The van der Waals surface area contributed by atoms with Crippen molar-refractivity contribution >= 4 is 17.0 Å². The lowest BCUT2D eigenvalue weighted by molar-refractivity contribution is 0.0904. The van der Waals surface area contributed by atoms with Crippen molar-refractivity contribution in [3.05, 3.63) is 23.0 Å². The van der Waals surface area contributed by atoms with Crippen LogP contribution in [0.15, 0.2) is 10.6 Å². The van der Waals surface area contributed by atoms with Crippen LogP contribution in [0.2, 0.25) is 0 Å². The molecule has 25 heavy (non-hydrogen) atoms. The van der Waals surface area contributed by atoms with Crippen LogP contribution in [0.3, 0.4) is 0 Å². The van der Waals surface area contributed by atoms with Crippen molar-refractivity contribution in [2.24, 2.45) is 5.73 Å². The zero-order valence-electron chi connectivity index (χ0n) is 14.8. The number of amides is 1. The number of fused-ring (bicyclic) bond motifs is 1. The molecule has 0 bridgehead atoms. The van der Waals surface area contributed by atoms with Gasteiger partial charge < -0.3 is 15.6 Å². The molecule has 0 spiro atoms. The van der Waals surface area contributed by atoms with Gasteiger partial charge >= 0.3 is 0 Å². The van der Waals surface area contributed by atoms with Crippen molar-refractivity contribution in [2.45, 2.75) is 69.7 Å². The molecule has 2 aliphatic rings. The zero-order chi connectivity index (χ0) is 17.4. The van der Waals surface area contributed by atoms with Crippen LogP contribution >= 0.6 is 0 Å². The lowest BCUT2D eigenvalue weighted by Gasteiger charge is -2.28. The van der Waals surface area contributed by atoms with E-state index in [1.165, 1.54) is 0 Å². The van der Waals surface area contributed by atoms with E-state index >= 15 is 0 Å². The number of nitrogens with two attached hydrogens (primary N) is 1. The third-order valence-electron chi connectivity index (χ3n) is 5.59. The number of carbonyl (C=O) groups excluding carboxylic acids is 1. The van der Waals surface area contributed by atoms with Gasteiger partial charge in [-0.05, 0) is 38.2 Å². The summed E-state index contributed by atoms with van der Waals surface area (Å²) in [5, 5.41) is 8.18. The Morgan fingerprint density at radius 3 is 2.80 bits per heavy atom. The molecule has 6 heteroatoms. The monoisotopic (exact) mass is 342 g/mol. The van der Waals surface area contributed by atoms with Gasteiger partial charge in [0.15, 0.2) is 0 Å². The van der Waals surface area contributed by atoms with Crippen molar-refractivity contribution in [3.8, 4) is 0 Å². The highest BCUT2D eigenvalue weighted by molar-refractivity contribution is 6.06. The van der Waals surface area contributed by atoms with Crippen LogP contribution in [0.25, 0.3) is 11.1 Å². The summed E-state index contributed by atoms with van der Waals surface area (Å²) in [6.07, 6.45) is 8.11. The first-order chi connectivity index (χ1) is 12.2. The van der Waals surface area contributed by atoms with Gasteiger partial charge in [-0.1, -0.05) is 31.3 Å². The van der Waals surface area contributed by atoms with Gasteiger partial charge in [-0.15, -0.1) is 0 Å². The summed E-state index contributed by atoms with van der Waals surface area (Å²) in [7, 11) is 0. The van der Waals surface area contributed by atoms with E-state index in [1.54, 1.807) is 0 Å². The molecule has 3 N–H and O–H groups in total. The molecule has 2 fully saturated rings. The fraction of sp³-hybridized carbons (Fsp3) is 0.632. The highest BCUT2D eigenvalue weighted by atomic mass is 16.5. The highest BCUT2D eigenvalue weighted by Gasteiger charge is 2.35. The number of pyridine rings is 1. The molecule has 0 radical (unpaired) electrons. The zero-order valence-corrected chi connectivity index (χ0v) is 14.8. The number of rotatable bonds is 6. The van der Waals surface area contributed by atoms with Crippen molar-refractivity contribution < 1.29 is 9.32 Å². The Bertz CT molecular complexity index is 788. The molecule has 0 aromatic carbocycles. The van der Waals surface area contributed by atoms with Gasteiger partial charge in [0.05, 0.1) is 22.2 Å². The topological polar surface area (TPSA) is 94.0 Å². The van der Waals surface area contributed by atoms with E-state index in [1.807, 2.05) is 6.07 Å². The van der Waals surface area contributed by atoms with Crippen LogP contribution in [-0.4, -0.2) is 28.1 Å². The summed E-state index contributed by atoms with van der Waals surface area (Å²) in [6.45, 7) is 2.57. The smallest absolute Gasteiger partial charge is 0.259 e. The van der Waals surface area contributed by atoms with E-state index in [0.29, 0.717) is 23.7 Å². The van der Waals surface area contributed by atoms with Crippen molar-refractivity contribution in [1.82, 2.24) is 15.5 Å². The second-order valence-corrected chi connectivity index (χ2v) is 7.57. The van der Waals surface area contributed by atoms with E-state index in [9.17, 15) is 4.79 Å². The molecular formula is C19H26N4O2. The molecule has 2 saturated carbocycles. The largest absolute Gasteiger partial charge is 0.345 e. The summed E-state index contributed by atoms with van der Waals surface area (Å²) >= 11 is 0. The van der Waals surface area contributed by atoms with Gasteiger partial charge in [-0.25, -0.2) is 4.98 Å². The normalized spacial score (nSPS) is 19.4. The molecule has 0 unspecified atom stereocenters. The van der Waals surface area contributed by atoms with Crippen molar-refractivity contribution in [1.29, 1.82) is 0 Å². The van der Waals surface area contributed by atoms with Crippen LogP contribution in [0, 0.1) is 0 Å². The molecule has 134 valence electrons. The minimum atomic E-state index is -0.269. The Balaban J connectivity index is 1.75. The van der Waals surface area contributed by atoms with Crippen LogP contribution in [0.5, 0.6) is 0 Å². The van der Waals surface area contributed by atoms with Gasteiger partial charge in [0.1, 0.15) is 0 Å². The van der Waals surface area contributed by atoms with E-state index < -0.39 is 0 Å². The Labute approximate surface area is 147 Å². The average molecular weight is 342 g/mol. The first-order valence-corrected chi connectivity index (χ1v) is 9.47. The Hall–Kier alpha value is -1.95.